The Morgan fingerprint density at radius 1 is 1.41 bits per heavy atom. The average molecular weight is 305 g/mol. The second-order valence-electron chi connectivity index (χ2n) is 6.78. The summed E-state index contributed by atoms with van der Waals surface area (Å²) in [5, 5.41) is 5.22. The Balaban J connectivity index is 1.60. The van der Waals surface area contributed by atoms with E-state index in [1.807, 2.05) is 20.8 Å². The summed E-state index contributed by atoms with van der Waals surface area (Å²) in [7, 11) is 0. The minimum atomic E-state index is -0.474. The molecule has 0 unspecified atom stereocenters. The summed E-state index contributed by atoms with van der Waals surface area (Å²) in [6.07, 6.45) is 1.46. The highest BCUT2D eigenvalue weighted by atomic mass is 19.1. The Hall–Kier alpha value is -2.11. The monoisotopic (exact) mass is 305 g/mol. The molecule has 1 aliphatic rings. The number of benzene rings is 1. The Labute approximate surface area is 128 Å². The smallest absolute Gasteiger partial charge is 0.410 e. The summed E-state index contributed by atoms with van der Waals surface area (Å²) < 4.78 is 20.5. The van der Waals surface area contributed by atoms with Gasteiger partial charge in [-0.25, -0.2) is 9.18 Å². The maximum Gasteiger partial charge on any atom is 0.410 e. The summed E-state index contributed by atoms with van der Waals surface area (Å²) >= 11 is 0. The molecule has 0 N–H and O–H groups in total. The van der Waals surface area contributed by atoms with Gasteiger partial charge >= 0.3 is 6.09 Å². The van der Waals surface area contributed by atoms with Crippen molar-refractivity contribution in [1.82, 2.24) is 14.7 Å². The molecular formula is C16H20FN3O2. The van der Waals surface area contributed by atoms with Crippen molar-refractivity contribution in [3.8, 4) is 0 Å². The van der Waals surface area contributed by atoms with Crippen LogP contribution in [-0.4, -0.2) is 39.5 Å². The molecule has 1 amide bonds. The van der Waals surface area contributed by atoms with Gasteiger partial charge in [0.05, 0.1) is 11.7 Å². The average Bonchev–Trinajstić information content (AvgIpc) is 2.73. The first kappa shape index (κ1) is 14.8. The molecule has 0 atom stereocenters. The summed E-state index contributed by atoms with van der Waals surface area (Å²) in [4.78, 5) is 13.6. The number of amides is 1. The zero-order chi connectivity index (χ0) is 15.9. The van der Waals surface area contributed by atoms with Gasteiger partial charge in [-0.3, -0.25) is 4.68 Å². The number of hydrogen-bond donors (Lipinski definition) is 0. The summed E-state index contributed by atoms with van der Waals surface area (Å²) in [6.45, 7) is 7.52. The topological polar surface area (TPSA) is 47.4 Å². The number of aromatic nitrogens is 2. The molecule has 2 heterocycles. The molecular weight excluding hydrogens is 285 g/mol. The van der Waals surface area contributed by atoms with Gasteiger partial charge in [0.25, 0.3) is 0 Å². The molecule has 1 aliphatic heterocycles. The van der Waals surface area contributed by atoms with Gasteiger partial charge in [-0.15, -0.1) is 0 Å². The van der Waals surface area contributed by atoms with Crippen LogP contribution in [0, 0.1) is 11.7 Å². The highest BCUT2D eigenvalue weighted by molar-refractivity contribution is 5.78. The number of hydrogen-bond acceptors (Lipinski definition) is 3. The number of nitrogens with zero attached hydrogens (tertiary/aromatic N) is 3. The van der Waals surface area contributed by atoms with Crippen LogP contribution in [0.2, 0.25) is 0 Å². The van der Waals surface area contributed by atoms with Crippen LogP contribution in [0.4, 0.5) is 9.18 Å². The third-order valence-corrected chi connectivity index (χ3v) is 3.65. The lowest BCUT2D eigenvalue weighted by Gasteiger charge is -2.39. The minimum Gasteiger partial charge on any atom is -0.444 e. The minimum absolute atomic E-state index is 0.266. The van der Waals surface area contributed by atoms with E-state index in [-0.39, 0.29) is 11.9 Å². The number of rotatable bonds is 2. The van der Waals surface area contributed by atoms with E-state index in [1.165, 1.54) is 12.1 Å². The molecule has 6 heteroatoms. The van der Waals surface area contributed by atoms with E-state index in [9.17, 15) is 9.18 Å². The molecule has 1 saturated heterocycles. The van der Waals surface area contributed by atoms with Gasteiger partial charge in [-0.2, -0.15) is 5.10 Å². The molecule has 0 radical (unpaired) electrons. The Morgan fingerprint density at radius 2 is 2.14 bits per heavy atom. The van der Waals surface area contributed by atoms with Gasteiger partial charge in [-0.05, 0) is 39.0 Å². The number of carbonyl (C=O) groups excluding carboxylic acids is 1. The van der Waals surface area contributed by atoms with Crippen LogP contribution >= 0.6 is 0 Å². The second kappa shape index (κ2) is 5.26. The number of ether oxygens (including phenoxy) is 1. The van der Waals surface area contributed by atoms with Crippen molar-refractivity contribution in [3.05, 3.63) is 30.2 Å². The largest absolute Gasteiger partial charge is 0.444 e. The Morgan fingerprint density at radius 3 is 2.82 bits per heavy atom. The van der Waals surface area contributed by atoms with E-state index in [0.717, 1.165) is 10.9 Å². The van der Waals surface area contributed by atoms with Gasteiger partial charge in [-0.1, -0.05) is 0 Å². The van der Waals surface area contributed by atoms with Crippen molar-refractivity contribution in [2.24, 2.45) is 5.92 Å². The van der Waals surface area contributed by atoms with Crippen molar-refractivity contribution >= 4 is 17.0 Å². The molecule has 1 aromatic carbocycles. The fourth-order valence-corrected chi connectivity index (χ4v) is 2.59. The maximum atomic E-state index is 13.3. The normalized spacial score (nSPS) is 15.9. The lowest BCUT2D eigenvalue weighted by molar-refractivity contribution is -0.00364. The van der Waals surface area contributed by atoms with E-state index >= 15 is 0 Å². The van der Waals surface area contributed by atoms with Crippen LogP contribution < -0.4 is 0 Å². The van der Waals surface area contributed by atoms with Crippen LogP contribution in [0.1, 0.15) is 20.8 Å². The molecule has 1 fully saturated rings. The first-order valence-corrected chi connectivity index (χ1v) is 7.41. The lowest BCUT2D eigenvalue weighted by atomic mass is 10.0. The molecule has 0 bridgehead atoms. The molecule has 0 saturated carbocycles. The number of carbonyl (C=O) groups is 1. The molecule has 22 heavy (non-hydrogen) atoms. The fourth-order valence-electron chi connectivity index (χ4n) is 2.59. The van der Waals surface area contributed by atoms with E-state index in [0.29, 0.717) is 25.6 Å². The zero-order valence-electron chi connectivity index (χ0n) is 13.0. The quantitative estimate of drug-likeness (QED) is 0.857. The van der Waals surface area contributed by atoms with Crippen LogP contribution in [-0.2, 0) is 11.3 Å². The number of likely N-dealkylation sites (tertiary alicyclic amines) is 1. The molecule has 2 aromatic rings. The summed E-state index contributed by atoms with van der Waals surface area (Å²) in [5.41, 5.74) is 0.313. The van der Waals surface area contributed by atoms with Gasteiger partial charge in [0.2, 0.25) is 0 Å². The number of halogens is 1. The van der Waals surface area contributed by atoms with Crippen molar-refractivity contribution in [3.63, 3.8) is 0 Å². The second-order valence-corrected chi connectivity index (χ2v) is 6.78. The zero-order valence-corrected chi connectivity index (χ0v) is 13.0. The van der Waals surface area contributed by atoms with Gasteiger partial charge < -0.3 is 9.64 Å². The molecule has 1 aromatic heterocycles. The van der Waals surface area contributed by atoms with Crippen molar-refractivity contribution in [1.29, 1.82) is 0 Å². The van der Waals surface area contributed by atoms with Crippen LogP contribution in [0.3, 0.4) is 0 Å². The summed E-state index contributed by atoms with van der Waals surface area (Å²) in [6, 6.07) is 4.65. The van der Waals surface area contributed by atoms with Gasteiger partial charge in [0.15, 0.2) is 0 Å². The first-order valence-electron chi connectivity index (χ1n) is 7.41. The van der Waals surface area contributed by atoms with Crippen LogP contribution in [0.5, 0.6) is 0 Å². The van der Waals surface area contributed by atoms with Crippen molar-refractivity contribution in [2.45, 2.75) is 32.9 Å². The Bertz CT molecular complexity index is 699. The molecule has 5 nitrogen and oxygen atoms in total. The third-order valence-electron chi connectivity index (χ3n) is 3.65. The predicted molar refractivity (Wildman–Crippen MR) is 81.0 cm³/mol. The van der Waals surface area contributed by atoms with E-state index in [1.54, 1.807) is 21.8 Å². The highest BCUT2D eigenvalue weighted by Gasteiger charge is 2.34. The van der Waals surface area contributed by atoms with E-state index in [4.69, 9.17) is 4.74 Å². The van der Waals surface area contributed by atoms with Crippen molar-refractivity contribution in [2.75, 3.05) is 13.1 Å². The SMILES string of the molecule is CC(C)(C)OC(=O)N1CC(Cn2ncc3ccc(F)cc32)C1. The Kier molecular flexibility index (Phi) is 3.54. The predicted octanol–water partition coefficient (Wildman–Crippen LogP) is 3.04. The van der Waals surface area contributed by atoms with E-state index < -0.39 is 5.60 Å². The maximum absolute atomic E-state index is 13.3. The van der Waals surface area contributed by atoms with Gasteiger partial charge in [0.1, 0.15) is 11.4 Å². The fraction of sp³-hybridized carbons (Fsp3) is 0.500. The first-order chi connectivity index (χ1) is 10.3. The molecule has 3 rings (SSSR count). The van der Waals surface area contributed by atoms with Crippen LogP contribution in [0.15, 0.2) is 24.4 Å². The van der Waals surface area contributed by atoms with Crippen LogP contribution in [0.25, 0.3) is 10.9 Å². The highest BCUT2D eigenvalue weighted by Crippen LogP contribution is 2.23. The molecule has 0 spiro atoms. The van der Waals surface area contributed by atoms with E-state index in [2.05, 4.69) is 5.10 Å². The molecule has 0 aliphatic carbocycles. The number of fused-ring (bicyclic) bond motifs is 1. The standard InChI is InChI=1S/C16H20FN3O2/c1-16(2,3)22-15(21)19-8-11(9-19)10-20-14-6-13(17)5-4-12(14)7-18-20/h4-7,11H,8-10H2,1-3H3. The van der Waals surface area contributed by atoms with Gasteiger partial charge in [0, 0.05) is 30.9 Å². The lowest BCUT2D eigenvalue weighted by Crippen LogP contribution is -2.52. The molecule has 118 valence electrons. The van der Waals surface area contributed by atoms with Crippen molar-refractivity contribution < 1.29 is 13.9 Å². The third kappa shape index (κ3) is 3.05. The summed E-state index contributed by atoms with van der Waals surface area (Å²) in [5.74, 6) is 0.0529.